The van der Waals surface area contributed by atoms with Gasteiger partial charge >= 0.3 is 5.97 Å². The van der Waals surface area contributed by atoms with Crippen molar-refractivity contribution in [3.8, 4) is 5.75 Å². The van der Waals surface area contributed by atoms with E-state index in [1.165, 1.54) is 35.7 Å². The fraction of sp³-hybridized carbons (Fsp3) is 0.182. The lowest BCUT2D eigenvalue weighted by Crippen LogP contribution is -2.05. The Balaban J connectivity index is 1.85. The van der Waals surface area contributed by atoms with Crippen LogP contribution in [0.3, 0.4) is 0 Å². The third-order valence-electron chi connectivity index (χ3n) is 2.02. The summed E-state index contributed by atoms with van der Waals surface area (Å²) in [6, 6.07) is 6.60. The SMILES string of the molecule is O=C(O)c1ccccc1OCCSc1ncns1. The molecule has 0 saturated carbocycles. The molecule has 0 radical (unpaired) electrons. The maximum absolute atomic E-state index is 10.9. The number of thioether (sulfide) groups is 1. The van der Waals surface area contributed by atoms with Crippen LogP contribution in [0.4, 0.5) is 0 Å². The largest absolute Gasteiger partial charge is 0.492 e. The number of nitrogens with zero attached hydrogens (tertiary/aromatic N) is 2. The summed E-state index contributed by atoms with van der Waals surface area (Å²) in [7, 11) is 0. The molecule has 94 valence electrons. The lowest BCUT2D eigenvalue weighted by Gasteiger charge is -2.07. The smallest absolute Gasteiger partial charge is 0.339 e. The molecule has 0 saturated heterocycles. The highest BCUT2D eigenvalue weighted by Gasteiger charge is 2.09. The van der Waals surface area contributed by atoms with Crippen LogP contribution in [0.5, 0.6) is 5.75 Å². The molecule has 0 fully saturated rings. The summed E-state index contributed by atoms with van der Waals surface area (Å²) in [5.74, 6) is 0.105. The second-order valence-electron chi connectivity index (χ2n) is 3.21. The summed E-state index contributed by atoms with van der Waals surface area (Å²) < 4.78 is 10.2. The molecule has 0 atom stereocenters. The Labute approximate surface area is 112 Å². The van der Waals surface area contributed by atoms with E-state index in [-0.39, 0.29) is 5.56 Å². The standard InChI is InChI=1S/C11H10N2O3S2/c14-10(15)8-3-1-2-4-9(8)16-5-6-17-11-12-7-13-18-11/h1-4,7H,5-6H2,(H,14,15). The Hall–Kier alpha value is -1.60. The second-order valence-corrected chi connectivity index (χ2v) is 5.33. The number of para-hydroxylation sites is 1. The summed E-state index contributed by atoms with van der Waals surface area (Å²) in [6.45, 7) is 0.425. The topological polar surface area (TPSA) is 72.3 Å². The fourth-order valence-corrected chi connectivity index (χ4v) is 2.61. The van der Waals surface area contributed by atoms with E-state index in [0.29, 0.717) is 18.1 Å². The van der Waals surface area contributed by atoms with Crippen molar-refractivity contribution in [2.75, 3.05) is 12.4 Å². The van der Waals surface area contributed by atoms with Gasteiger partial charge in [0.15, 0.2) is 4.34 Å². The zero-order valence-electron chi connectivity index (χ0n) is 9.28. The molecule has 1 aromatic carbocycles. The van der Waals surface area contributed by atoms with Gasteiger partial charge in [-0.1, -0.05) is 23.9 Å². The summed E-state index contributed by atoms with van der Waals surface area (Å²) in [5.41, 5.74) is 0.179. The number of carboxylic acid groups (broad SMARTS) is 1. The first-order chi connectivity index (χ1) is 8.77. The van der Waals surface area contributed by atoms with Crippen molar-refractivity contribution in [2.24, 2.45) is 0 Å². The van der Waals surface area contributed by atoms with Gasteiger partial charge in [0, 0.05) is 5.75 Å². The quantitative estimate of drug-likeness (QED) is 0.648. The van der Waals surface area contributed by atoms with E-state index in [9.17, 15) is 4.79 Å². The molecule has 0 aliphatic carbocycles. The molecular weight excluding hydrogens is 272 g/mol. The minimum absolute atomic E-state index is 0.179. The second kappa shape index (κ2) is 6.36. The minimum atomic E-state index is -0.984. The first-order valence-electron chi connectivity index (χ1n) is 5.12. The molecule has 2 aromatic rings. The molecule has 0 amide bonds. The first kappa shape index (κ1) is 12.8. The maximum atomic E-state index is 10.9. The van der Waals surface area contributed by atoms with Crippen LogP contribution in [0.2, 0.25) is 0 Å². The number of benzene rings is 1. The molecule has 1 heterocycles. The van der Waals surface area contributed by atoms with Crippen molar-refractivity contribution in [2.45, 2.75) is 4.34 Å². The van der Waals surface area contributed by atoms with E-state index < -0.39 is 5.97 Å². The van der Waals surface area contributed by atoms with Crippen molar-refractivity contribution >= 4 is 29.3 Å². The van der Waals surface area contributed by atoms with Crippen LogP contribution in [-0.4, -0.2) is 32.8 Å². The van der Waals surface area contributed by atoms with Crippen LogP contribution in [0.25, 0.3) is 0 Å². The lowest BCUT2D eigenvalue weighted by molar-refractivity contribution is 0.0692. The summed E-state index contributed by atoms with van der Waals surface area (Å²) in [5, 5.41) is 8.97. The van der Waals surface area contributed by atoms with Gasteiger partial charge in [-0.15, -0.1) is 0 Å². The van der Waals surface area contributed by atoms with Gasteiger partial charge in [-0.3, -0.25) is 0 Å². The Morgan fingerprint density at radius 2 is 2.28 bits per heavy atom. The highest BCUT2D eigenvalue weighted by atomic mass is 32.2. The average Bonchev–Trinajstić information content (AvgIpc) is 2.88. The Kier molecular flexibility index (Phi) is 4.54. The molecule has 5 nitrogen and oxygen atoms in total. The van der Waals surface area contributed by atoms with Gasteiger partial charge in [-0.2, -0.15) is 4.37 Å². The third kappa shape index (κ3) is 3.44. The number of ether oxygens (including phenoxy) is 1. The van der Waals surface area contributed by atoms with Crippen LogP contribution < -0.4 is 4.74 Å². The van der Waals surface area contributed by atoms with E-state index in [0.717, 1.165) is 4.34 Å². The molecule has 0 aliphatic heterocycles. The normalized spacial score (nSPS) is 10.2. The molecule has 0 aliphatic rings. The zero-order valence-corrected chi connectivity index (χ0v) is 10.9. The zero-order chi connectivity index (χ0) is 12.8. The Morgan fingerprint density at radius 1 is 1.44 bits per heavy atom. The summed E-state index contributed by atoms with van der Waals surface area (Å²) >= 11 is 2.86. The monoisotopic (exact) mass is 282 g/mol. The maximum Gasteiger partial charge on any atom is 0.339 e. The minimum Gasteiger partial charge on any atom is -0.492 e. The van der Waals surface area contributed by atoms with Crippen molar-refractivity contribution in [1.82, 2.24) is 9.36 Å². The Bertz CT molecular complexity index is 517. The molecule has 2 rings (SSSR count). The van der Waals surface area contributed by atoms with Crippen LogP contribution in [0, 0.1) is 0 Å². The van der Waals surface area contributed by atoms with Crippen molar-refractivity contribution < 1.29 is 14.6 Å². The van der Waals surface area contributed by atoms with Gasteiger partial charge < -0.3 is 9.84 Å². The summed E-state index contributed by atoms with van der Waals surface area (Å²) in [6.07, 6.45) is 1.51. The Morgan fingerprint density at radius 3 is 3.00 bits per heavy atom. The number of hydrogen-bond acceptors (Lipinski definition) is 6. The molecule has 0 spiro atoms. The number of aromatic nitrogens is 2. The first-order valence-corrected chi connectivity index (χ1v) is 6.88. The fourth-order valence-electron chi connectivity index (χ4n) is 1.28. The number of aromatic carboxylic acids is 1. The van der Waals surface area contributed by atoms with Crippen molar-refractivity contribution in [1.29, 1.82) is 0 Å². The lowest BCUT2D eigenvalue weighted by atomic mass is 10.2. The average molecular weight is 282 g/mol. The van der Waals surface area contributed by atoms with Gasteiger partial charge in [0.05, 0.1) is 6.61 Å². The van der Waals surface area contributed by atoms with Crippen LogP contribution >= 0.6 is 23.3 Å². The summed E-state index contributed by atoms with van der Waals surface area (Å²) in [4.78, 5) is 15.0. The van der Waals surface area contributed by atoms with Crippen LogP contribution in [0.15, 0.2) is 34.9 Å². The van der Waals surface area contributed by atoms with Gasteiger partial charge in [0.2, 0.25) is 0 Å². The molecular formula is C11H10N2O3S2. The number of carbonyl (C=O) groups is 1. The van der Waals surface area contributed by atoms with Crippen LogP contribution in [0.1, 0.15) is 10.4 Å². The predicted molar refractivity (Wildman–Crippen MR) is 69.5 cm³/mol. The van der Waals surface area contributed by atoms with Gasteiger partial charge in [-0.25, -0.2) is 9.78 Å². The highest BCUT2D eigenvalue weighted by Crippen LogP contribution is 2.20. The third-order valence-corrected chi connectivity index (χ3v) is 3.79. The van der Waals surface area contributed by atoms with Gasteiger partial charge in [-0.05, 0) is 23.7 Å². The van der Waals surface area contributed by atoms with E-state index in [2.05, 4.69) is 9.36 Å². The molecule has 0 unspecified atom stereocenters. The molecule has 7 heteroatoms. The van der Waals surface area contributed by atoms with E-state index in [4.69, 9.17) is 9.84 Å². The van der Waals surface area contributed by atoms with Crippen LogP contribution in [-0.2, 0) is 0 Å². The highest BCUT2D eigenvalue weighted by molar-refractivity contribution is 8.00. The number of carboxylic acids is 1. The van der Waals surface area contributed by atoms with Crippen molar-refractivity contribution in [3.05, 3.63) is 36.2 Å². The van der Waals surface area contributed by atoms with Gasteiger partial charge in [0.1, 0.15) is 17.6 Å². The van der Waals surface area contributed by atoms with E-state index in [1.54, 1.807) is 18.2 Å². The van der Waals surface area contributed by atoms with Crippen molar-refractivity contribution in [3.63, 3.8) is 0 Å². The molecule has 1 aromatic heterocycles. The van der Waals surface area contributed by atoms with E-state index >= 15 is 0 Å². The molecule has 1 N–H and O–H groups in total. The molecule has 0 bridgehead atoms. The number of rotatable bonds is 6. The van der Waals surface area contributed by atoms with E-state index in [1.807, 2.05) is 0 Å². The van der Waals surface area contributed by atoms with Gasteiger partial charge in [0.25, 0.3) is 0 Å². The number of hydrogen-bond donors (Lipinski definition) is 1. The predicted octanol–water partition coefficient (Wildman–Crippen LogP) is 2.41. The molecule has 18 heavy (non-hydrogen) atoms.